The van der Waals surface area contributed by atoms with E-state index in [1.807, 2.05) is 12.1 Å². The highest BCUT2D eigenvalue weighted by molar-refractivity contribution is 6.05. The lowest BCUT2D eigenvalue weighted by Crippen LogP contribution is -2.34. The fourth-order valence-electron chi connectivity index (χ4n) is 3.31. The average molecular weight is 393 g/mol. The van der Waals surface area contributed by atoms with Crippen molar-refractivity contribution in [3.63, 3.8) is 0 Å². The molecule has 1 N–H and O–H groups in total. The van der Waals surface area contributed by atoms with E-state index in [4.69, 9.17) is 4.74 Å². The molecule has 0 atom stereocenters. The van der Waals surface area contributed by atoms with E-state index >= 15 is 0 Å². The Bertz CT molecular complexity index is 920. The second-order valence-corrected chi connectivity index (χ2v) is 7.02. The Hall–Kier alpha value is -3.28. The number of esters is 1. The fraction of sp³-hybridized carbons (Fsp3) is 0.304. The zero-order valence-corrected chi connectivity index (χ0v) is 16.1. The molecule has 6 heteroatoms. The molecule has 6 nitrogen and oxygen atoms in total. The average Bonchev–Trinajstić information content (AvgIpc) is 2.76. The third-order valence-electron chi connectivity index (χ3n) is 4.88. The number of amides is 2. The predicted molar refractivity (Wildman–Crippen MR) is 107 cm³/mol. The summed E-state index contributed by atoms with van der Waals surface area (Å²) in [7, 11) is 0. The van der Waals surface area contributed by atoms with E-state index in [1.54, 1.807) is 36.4 Å². The molecule has 0 fully saturated rings. The van der Waals surface area contributed by atoms with E-state index < -0.39 is 24.4 Å². The number of imide groups is 1. The molecule has 0 aromatic heterocycles. The van der Waals surface area contributed by atoms with Crippen LogP contribution in [-0.4, -0.2) is 30.2 Å². The third-order valence-corrected chi connectivity index (χ3v) is 4.88. The van der Waals surface area contributed by atoms with Crippen molar-refractivity contribution in [2.24, 2.45) is 0 Å². The monoisotopic (exact) mass is 393 g/mol. The molecular formula is C23H23NO5. The van der Waals surface area contributed by atoms with Gasteiger partial charge in [0.05, 0.1) is 6.42 Å². The molecule has 0 spiro atoms. The van der Waals surface area contributed by atoms with Gasteiger partial charge in [-0.3, -0.25) is 24.5 Å². The summed E-state index contributed by atoms with van der Waals surface area (Å²) >= 11 is 0. The van der Waals surface area contributed by atoms with Crippen LogP contribution in [0.1, 0.15) is 57.5 Å². The van der Waals surface area contributed by atoms with Crippen molar-refractivity contribution in [1.82, 2.24) is 5.32 Å². The van der Waals surface area contributed by atoms with Crippen LogP contribution < -0.4 is 5.32 Å². The van der Waals surface area contributed by atoms with Crippen LogP contribution in [0.5, 0.6) is 0 Å². The van der Waals surface area contributed by atoms with Gasteiger partial charge in [-0.05, 0) is 55.0 Å². The first-order chi connectivity index (χ1) is 14.0. The zero-order valence-electron chi connectivity index (χ0n) is 16.1. The number of hydrogen-bond donors (Lipinski definition) is 1. The lowest BCUT2D eigenvalue weighted by molar-refractivity contribution is -0.148. The van der Waals surface area contributed by atoms with Crippen molar-refractivity contribution in [2.75, 3.05) is 6.61 Å². The Morgan fingerprint density at radius 3 is 2.31 bits per heavy atom. The first-order valence-electron chi connectivity index (χ1n) is 9.73. The third kappa shape index (κ3) is 5.85. The number of carbonyl (C=O) groups excluding carboxylic acids is 4. The van der Waals surface area contributed by atoms with Crippen molar-refractivity contribution in [1.29, 1.82) is 0 Å². The lowest BCUT2D eigenvalue weighted by Gasteiger charge is -2.16. The normalized spacial score (nSPS) is 12.6. The quantitative estimate of drug-likeness (QED) is 0.577. The smallest absolute Gasteiger partial charge is 0.306 e. The minimum atomic E-state index is -0.715. The number of ether oxygens (including phenoxy) is 1. The maximum absolute atomic E-state index is 12.3. The number of benzene rings is 2. The van der Waals surface area contributed by atoms with Crippen LogP contribution in [0.2, 0.25) is 0 Å². The molecule has 0 saturated carbocycles. The summed E-state index contributed by atoms with van der Waals surface area (Å²) in [6.07, 6.45) is 4.24. The molecule has 0 aliphatic heterocycles. The number of aryl methyl sites for hydroxylation is 2. The Morgan fingerprint density at radius 2 is 1.55 bits per heavy atom. The summed E-state index contributed by atoms with van der Waals surface area (Å²) < 4.78 is 4.86. The Morgan fingerprint density at radius 1 is 0.828 bits per heavy atom. The van der Waals surface area contributed by atoms with Gasteiger partial charge in [0.25, 0.3) is 11.8 Å². The van der Waals surface area contributed by atoms with Gasteiger partial charge in [0, 0.05) is 17.5 Å². The lowest BCUT2D eigenvalue weighted by atomic mass is 9.89. The number of carbonyl (C=O) groups is 4. The van der Waals surface area contributed by atoms with Crippen molar-refractivity contribution < 1.29 is 23.9 Å². The molecule has 1 aliphatic carbocycles. The summed E-state index contributed by atoms with van der Waals surface area (Å²) in [6.45, 7) is -0.565. The first kappa shape index (κ1) is 20.5. The summed E-state index contributed by atoms with van der Waals surface area (Å²) in [5.74, 6) is -2.06. The highest BCUT2D eigenvalue weighted by Gasteiger charge is 2.16. The summed E-state index contributed by atoms with van der Waals surface area (Å²) in [5.41, 5.74) is 3.44. The van der Waals surface area contributed by atoms with E-state index in [1.165, 1.54) is 17.5 Å². The van der Waals surface area contributed by atoms with E-state index in [-0.39, 0.29) is 18.6 Å². The maximum Gasteiger partial charge on any atom is 0.306 e. The molecule has 0 saturated heterocycles. The molecule has 2 aromatic carbocycles. The number of nitrogens with one attached hydrogen (secondary N) is 1. The summed E-state index contributed by atoms with van der Waals surface area (Å²) in [5, 5.41) is 2.15. The molecule has 2 aromatic rings. The van der Waals surface area contributed by atoms with Crippen LogP contribution in [-0.2, 0) is 27.2 Å². The van der Waals surface area contributed by atoms with Crippen molar-refractivity contribution in [3.05, 3.63) is 70.8 Å². The van der Waals surface area contributed by atoms with Gasteiger partial charge in [-0.15, -0.1) is 0 Å². The molecule has 150 valence electrons. The van der Waals surface area contributed by atoms with Gasteiger partial charge >= 0.3 is 5.97 Å². The number of rotatable bonds is 7. The van der Waals surface area contributed by atoms with E-state index in [9.17, 15) is 19.2 Å². The van der Waals surface area contributed by atoms with Crippen LogP contribution in [0.4, 0.5) is 0 Å². The number of hydrogen-bond acceptors (Lipinski definition) is 5. The van der Waals surface area contributed by atoms with Gasteiger partial charge in [0.1, 0.15) is 0 Å². The standard InChI is InChI=1S/C23H23NO5/c25-20(19-11-10-16-6-4-5-9-18(16)14-19)12-13-22(27)29-15-21(26)24-23(28)17-7-2-1-3-8-17/h1-3,7-8,10-11,14H,4-6,9,12-13,15H2,(H,24,26,28). The Labute approximate surface area is 169 Å². The molecule has 2 amide bonds. The van der Waals surface area contributed by atoms with Gasteiger partial charge < -0.3 is 4.74 Å². The Kier molecular flexibility index (Phi) is 6.89. The molecule has 0 bridgehead atoms. The molecular weight excluding hydrogens is 370 g/mol. The molecule has 1 aliphatic rings. The maximum atomic E-state index is 12.3. The molecule has 0 heterocycles. The van der Waals surface area contributed by atoms with Crippen molar-refractivity contribution in [3.8, 4) is 0 Å². The molecule has 29 heavy (non-hydrogen) atoms. The highest BCUT2D eigenvalue weighted by Crippen LogP contribution is 2.23. The number of fused-ring (bicyclic) bond motifs is 1. The minimum Gasteiger partial charge on any atom is -0.456 e. The highest BCUT2D eigenvalue weighted by atomic mass is 16.5. The molecule has 0 unspecified atom stereocenters. The zero-order chi connectivity index (χ0) is 20.6. The van der Waals surface area contributed by atoms with Crippen LogP contribution >= 0.6 is 0 Å². The molecule has 0 radical (unpaired) electrons. The Balaban J connectivity index is 1.41. The van der Waals surface area contributed by atoms with Gasteiger partial charge in [-0.1, -0.05) is 30.3 Å². The second kappa shape index (κ2) is 9.78. The van der Waals surface area contributed by atoms with Gasteiger partial charge in [-0.25, -0.2) is 0 Å². The summed E-state index contributed by atoms with van der Waals surface area (Å²) in [4.78, 5) is 47.8. The van der Waals surface area contributed by atoms with Crippen molar-refractivity contribution in [2.45, 2.75) is 38.5 Å². The fourth-order valence-corrected chi connectivity index (χ4v) is 3.31. The van der Waals surface area contributed by atoms with Crippen LogP contribution in [0.3, 0.4) is 0 Å². The topological polar surface area (TPSA) is 89.5 Å². The van der Waals surface area contributed by atoms with E-state index in [0.717, 1.165) is 19.3 Å². The first-order valence-corrected chi connectivity index (χ1v) is 9.73. The van der Waals surface area contributed by atoms with Crippen LogP contribution in [0, 0.1) is 0 Å². The van der Waals surface area contributed by atoms with Crippen molar-refractivity contribution >= 4 is 23.6 Å². The van der Waals surface area contributed by atoms with E-state index in [2.05, 4.69) is 5.32 Å². The largest absolute Gasteiger partial charge is 0.456 e. The van der Waals surface area contributed by atoms with E-state index in [0.29, 0.717) is 11.1 Å². The van der Waals surface area contributed by atoms with Crippen LogP contribution in [0.25, 0.3) is 0 Å². The predicted octanol–water partition coefficient (Wildman–Crippen LogP) is 3.03. The van der Waals surface area contributed by atoms with Crippen LogP contribution in [0.15, 0.2) is 48.5 Å². The molecule has 3 rings (SSSR count). The van der Waals surface area contributed by atoms with Gasteiger partial charge in [-0.2, -0.15) is 0 Å². The SMILES string of the molecule is O=C(COC(=O)CCC(=O)c1ccc2c(c1)CCCC2)NC(=O)c1ccccc1. The van der Waals surface area contributed by atoms with Gasteiger partial charge in [0.15, 0.2) is 12.4 Å². The minimum absolute atomic E-state index is 0.0161. The number of Topliss-reactive ketones (excluding diaryl/α,β-unsaturated/α-hetero) is 1. The summed E-state index contributed by atoms with van der Waals surface area (Å²) in [6, 6.07) is 14.0. The second-order valence-electron chi connectivity index (χ2n) is 7.02. The number of ketones is 1. The van der Waals surface area contributed by atoms with Gasteiger partial charge in [0.2, 0.25) is 0 Å².